The zero-order valence-corrected chi connectivity index (χ0v) is 11.4. The number of aryl methyl sites for hydroxylation is 1. The molecule has 1 aliphatic heterocycles. The quantitative estimate of drug-likeness (QED) is 0.804. The lowest BCUT2D eigenvalue weighted by Crippen LogP contribution is -2.34. The lowest BCUT2D eigenvalue weighted by Gasteiger charge is -2.09. The van der Waals surface area contributed by atoms with Crippen LogP contribution in [0.1, 0.15) is 18.1 Å². The van der Waals surface area contributed by atoms with E-state index in [-0.39, 0.29) is 12.7 Å². The van der Waals surface area contributed by atoms with Crippen LogP contribution in [0.4, 0.5) is 0 Å². The van der Waals surface area contributed by atoms with Crippen molar-refractivity contribution in [2.24, 2.45) is 0 Å². The van der Waals surface area contributed by atoms with E-state index in [1.807, 2.05) is 26.0 Å². The Morgan fingerprint density at radius 1 is 1.32 bits per heavy atom. The highest BCUT2D eigenvalue weighted by molar-refractivity contribution is 5.77. The number of carbonyl (C=O) groups excluding carboxylic acids is 1. The van der Waals surface area contributed by atoms with Gasteiger partial charge in [-0.15, -0.1) is 0 Å². The summed E-state index contributed by atoms with van der Waals surface area (Å²) >= 11 is 0. The maximum atomic E-state index is 11.4. The van der Waals surface area contributed by atoms with Crippen molar-refractivity contribution in [3.05, 3.63) is 23.3 Å². The zero-order valence-electron chi connectivity index (χ0n) is 11.4. The highest BCUT2D eigenvalue weighted by atomic mass is 16.7. The van der Waals surface area contributed by atoms with E-state index >= 15 is 0 Å². The van der Waals surface area contributed by atoms with Crippen molar-refractivity contribution < 1.29 is 14.3 Å². The third-order valence-corrected chi connectivity index (χ3v) is 3.08. The van der Waals surface area contributed by atoms with Gasteiger partial charge in [0.1, 0.15) is 0 Å². The van der Waals surface area contributed by atoms with E-state index in [9.17, 15) is 4.79 Å². The Morgan fingerprint density at radius 3 is 2.79 bits per heavy atom. The van der Waals surface area contributed by atoms with Crippen molar-refractivity contribution in [3.63, 3.8) is 0 Å². The standard InChI is InChI=1S/C14H20N2O3/c1-3-15-8-14(17)16-5-4-11-7-13-12(6-10(11)2)18-9-19-13/h6-7,15H,3-5,8-9H2,1-2H3,(H,16,17). The number of likely N-dealkylation sites (N-methyl/N-ethyl adjacent to an activating group) is 1. The van der Waals surface area contributed by atoms with Gasteiger partial charge in [-0.1, -0.05) is 6.92 Å². The van der Waals surface area contributed by atoms with E-state index in [1.165, 1.54) is 5.56 Å². The van der Waals surface area contributed by atoms with Gasteiger partial charge >= 0.3 is 0 Å². The highest BCUT2D eigenvalue weighted by Crippen LogP contribution is 2.34. The Hall–Kier alpha value is -1.75. The van der Waals surface area contributed by atoms with Crippen LogP contribution in [0, 0.1) is 6.92 Å². The van der Waals surface area contributed by atoms with Crippen LogP contribution in [0.3, 0.4) is 0 Å². The minimum Gasteiger partial charge on any atom is -0.454 e. The van der Waals surface area contributed by atoms with Crippen molar-refractivity contribution in [2.75, 3.05) is 26.4 Å². The maximum Gasteiger partial charge on any atom is 0.233 e. The highest BCUT2D eigenvalue weighted by Gasteiger charge is 2.15. The van der Waals surface area contributed by atoms with Gasteiger partial charge in [0.15, 0.2) is 11.5 Å². The molecule has 2 N–H and O–H groups in total. The predicted octanol–water partition coefficient (Wildman–Crippen LogP) is 0.992. The van der Waals surface area contributed by atoms with Crippen molar-refractivity contribution in [3.8, 4) is 11.5 Å². The van der Waals surface area contributed by atoms with Crippen LogP contribution in [-0.2, 0) is 11.2 Å². The number of carbonyl (C=O) groups is 1. The number of rotatable bonds is 6. The SMILES string of the molecule is CCNCC(=O)NCCc1cc2c(cc1C)OCO2. The Morgan fingerprint density at radius 2 is 2.05 bits per heavy atom. The molecule has 2 rings (SSSR count). The molecule has 0 saturated carbocycles. The molecule has 0 aliphatic carbocycles. The fourth-order valence-electron chi connectivity index (χ4n) is 1.99. The van der Waals surface area contributed by atoms with Crippen LogP contribution in [0.5, 0.6) is 11.5 Å². The average Bonchev–Trinajstić information content (AvgIpc) is 2.83. The molecule has 0 radical (unpaired) electrons. The molecule has 0 fully saturated rings. The molecule has 1 aromatic carbocycles. The fourth-order valence-corrected chi connectivity index (χ4v) is 1.99. The van der Waals surface area contributed by atoms with E-state index in [0.717, 1.165) is 30.0 Å². The Balaban J connectivity index is 1.85. The van der Waals surface area contributed by atoms with Gasteiger partial charge in [-0.05, 0) is 43.1 Å². The molecule has 5 nitrogen and oxygen atoms in total. The summed E-state index contributed by atoms with van der Waals surface area (Å²) in [4.78, 5) is 11.4. The van der Waals surface area contributed by atoms with Crippen molar-refractivity contribution in [1.29, 1.82) is 0 Å². The third-order valence-electron chi connectivity index (χ3n) is 3.08. The van der Waals surface area contributed by atoms with Crippen molar-refractivity contribution in [1.82, 2.24) is 10.6 Å². The molecule has 1 aliphatic rings. The Bertz CT molecular complexity index is 460. The van der Waals surface area contributed by atoms with Crippen LogP contribution in [0.2, 0.25) is 0 Å². The lowest BCUT2D eigenvalue weighted by atomic mass is 10.0. The Kier molecular flexibility index (Phi) is 4.63. The smallest absolute Gasteiger partial charge is 0.233 e. The molecule has 19 heavy (non-hydrogen) atoms. The van der Waals surface area contributed by atoms with E-state index in [4.69, 9.17) is 9.47 Å². The zero-order chi connectivity index (χ0) is 13.7. The molecule has 1 heterocycles. The van der Waals surface area contributed by atoms with Gasteiger partial charge in [0.25, 0.3) is 0 Å². The topological polar surface area (TPSA) is 59.6 Å². The van der Waals surface area contributed by atoms with E-state index in [0.29, 0.717) is 13.1 Å². The summed E-state index contributed by atoms with van der Waals surface area (Å²) < 4.78 is 10.7. The van der Waals surface area contributed by atoms with Crippen LogP contribution >= 0.6 is 0 Å². The second kappa shape index (κ2) is 6.43. The summed E-state index contributed by atoms with van der Waals surface area (Å²) in [5, 5.41) is 5.88. The van der Waals surface area contributed by atoms with E-state index in [1.54, 1.807) is 0 Å². The number of fused-ring (bicyclic) bond motifs is 1. The monoisotopic (exact) mass is 264 g/mol. The summed E-state index contributed by atoms with van der Waals surface area (Å²) in [6.45, 7) is 6.11. The first-order valence-corrected chi connectivity index (χ1v) is 6.57. The molecule has 0 spiro atoms. The van der Waals surface area contributed by atoms with Gasteiger partial charge in [-0.2, -0.15) is 0 Å². The number of hydrogen-bond donors (Lipinski definition) is 2. The van der Waals surface area contributed by atoms with E-state index < -0.39 is 0 Å². The minimum atomic E-state index is 0.0280. The minimum absolute atomic E-state index is 0.0280. The van der Waals surface area contributed by atoms with E-state index in [2.05, 4.69) is 10.6 Å². The fraction of sp³-hybridized carbons (Fsp3) is 0.500. The molecule has 5 heteroatoms. The van der Waals surface area contributed by atoms with Gasteiger partial charge in [0, 0.05) is 6.54 Å². The van der Waals surface area contributed by atoms with Gasteiger partial charge in [0.05, 0.1) is 6.54 Å². The predicted molar refractivity (Wildman–Crippen MR) is 72.6 cm³/mol. The largest absolute Gasteiger partial charge is 0.454 e. The van der Waals surface area contributed by atoms with Crippen molar-refractivity contribution >= 4 is 5.91 Å². The van der Waals surface area contributed by atoms with Crippen LogP contribution < -0.4 is 20.1 Å². The van der Waals surface area contributed by atoms with Crippen LogP contribution in [-0.4, -0.2) is 32.3 Å². The number of amides is 1. The Labute approximate surface area is 113 Å². The molecule has 104 valence electrons. The van der Waals surface area contributed by atoms with Gasteiger partial charge in [-0.25, -0.2) is 0 Å². The average molecular weight is 264 g/mol. The number of hydrogen-bond acceptors (Lipinski definition) is 4. The summed E-state index contributed by atoms with van der Waals surface area (Å²) in [7, 11) is 0. The molecular formula is C14H20N2O3. The lowest BCUT2D eigenvalue weighted by molar-refractivity contribution is -0.120. The van der Waals surface area contributed by atoms with Crippen LogP contribution in [0.25, 0.3) is 0 Å². The summed E-state index contributed by atoms with van der Waals surface area (Å²) in [5.41, 5.74) is 2.33. The first-order valence-electron chi connectivity index (χ1n) is 6.57. The molecular weight excluding hydrogens is 244 g/mol. The molecule has 0 bridgehead atoms. The molecule has 0 saturated heterocycles. The molecule has 0 aromatic heterocycles. The first kappa shape index (κ1) is 13.7. The maximum absolute atomic E-state index is 11.4. The molecule has 1 aromatic rings. The number of benzene rings is 1. The molecule has 1 amide bonds. The molecule has 0 atom stereocenters. The normalized spacial score (nSPS) is 12.5. The second-order valence-corrected chi connectivity index (χ2v) is 4.51. The number of ether oxygens (including phenoxy) is 2. The van der Waals surface area contributed by atoms with Crippen molar-refractivity contribution in [2.45, 2.75) is 20.3 Å². The van der Waals surface area contributed by atoms with Gasteiger partial charge in [0.2, 0.25) is 12.7 Å². The summed E-state index contributed by atoms with van der Waals surface area (Å²) in [5.74, 6) is 1.62. The molecule has 0 unspecified atom stereocenters. The van der Waals surface area contributed by atoms with Gasteiger partial charge < -0.3 is 20.1 Å². The van der Waals surface area contributed by atoms with Crippen LogP contribution in [0.15, 0.2) is 12.1 Å². The number of nitrogens with one attached hydrogen (secondary N) is 2. The summed E-state index contributed by atoms with van der Waals surface area (Å²) in [6.07, 6.45) is 0.792. The third kappa shape index (κ3) is 3.61. The second-order valence-electron chi connectivity index (χ2n) is 4.51. The first-order chi connectivity index (χ1) is 9.20. The summed E-state index contributed by atoms with van der Waals surface area (Å²) in [6, 6.07) is 3.98. The van der Waals surface area contributed by atoms with Gasteiger partial charge in [-0.3, -0.25) is 4.79 Å².